The summed E-state index contributed by atoms with van der Waals surface area (Å²) >= 11 is 0. The van der Waals surface area contributed by atoms with Crippen LogP contribution in [0, 0.1) is 35.5 Å². The summed E-state index contributed by atoms with van der Waals surface area (Å²) in [6, 6.07) is 0. The van der Waals surface area contributed by atoms with E-state index < -0.39 is 11.9 Å². The van der Waals surface area contributed by atoms with Crippen molar-refractivity contribution in [3.8, 4) is 0 Å². The lowest BCUT2D eigenvalue weighted by Crippen LogP contribution is -2.34. The molecule has 6 heteroatoms. The summed E-state index contributed by atoms with van der Waals surface area (Å²) in [7, 11) is 0. The Morgan fingerprint density at radius 3 is 0.805 bits per heavy atom. The molecule has 0 unspecified atom stereocenters. The van der Waals surface area contributed by atoms with Gasteiger partial charge in [-0.1, -0.05) is 116 Å². The highest BCUT2D eigenvalue weighted by Crippen LogP contribution is 2.08. The minimum atomic E-state index is -0.693. The van der Waals surface area contributed by atoms with Crippen molar-refractivity contribution in [3.05, 3.63) is 0 Å². The van der Waals surface area contributed by atoms with Gasteiger partial charge in [0.2, 0.25) is 0 Å². The van der Waals surface area contributed by atoms with Crippen LogP contribution in [0.3, 0.4) is 0 Å². The number of hydrogen-bond donors (Lipinski definition) is 2. The Morgan fingerprint density at radius 1 is 0.439 bits per heavy atom. The maximum absolute atomic E-state index is 9.87. The van der Waals surface area contributed by atoms with E-state index in [1.165, 1.54) is 39.3 Å². The smallest absolute Gasteiger partial charge is 0.303 e. The van der Waals surface area contributed by atoms with E-state index in [-0.39, 0.29) is 0 Å². The second-order valence-corrected chi connectivity index (χ2v) is 14.1. The number of unbranched alkanes of at least 4 members (excludes halogenated alkanes) is 3. The lowest BCUT2D eigenvalue weighted by molar-refractivity contribution is -0.138. The average molecular weight is 589 g/mol. The Balaban J connectivity index is -0.000000230. The van der Waals surface area contributed by atoms with Crippen LogP contribution in [0.4, 0.5) is 0 Å². The van der Waals surface area contributed by atoms with Gasteiger partial charge in [-0.3, -0.25) is 9.59 Å². The fraction of sp³-hybridized carbons (Fsp3) is 0.943. The first-order valence-electron chi connectivity index (χ1n) is 16.8. The van der Waals surface area contributed by atoms with Gasteiger partial charge in [0.15, 0.2) is 0 Å². The molecule has 0 atom stereocenters. The van der Waals surface area contributed by atoms with Crippen LogP contribution in [-0.2, 0) is 9.59 Å². The van der Waals surface area contributed by atoms with Gasteiger partial charge in [0.05, 0.1) is 0 Å². The van der Waals surface area contributed by atoms with Gasteiger partial charge in [-0.05, 0) is 48.3 Å². The molecule has 0 aromatic heterocycles. The number of aliphatic carboxylic acids is 2. The Kier molecular flexibility index (Phi) is 36.3. The van der Waals surface area contributed by atoms with E-state index >= 15 is 0 Å². The zero-order chi connectivity index (χ0) is 33.0. The summed E-state index contributed by atoms with van der Waals surface area (Å²) in [5, 5.41) is 16.2. The molecule has 0 aromatic carbocycles. The van der Waals surface area contributed by atoms with Crippen LogP contribution >= 0.6 is 0 Å². The first-order chi connectivity index (χ1) is 18.9. The van der Waals surface area contributed by atoms with Gasteiger partial charge < -0.3 is 20.0 Å². The van der Waals surface area contributed by atoms with Gasteiger partial charge >= 0.3 is 11.9 Å². The zero-order valence-electron chi connectivity index (χ0n) is 30.3. The van der Waals surface area contributed by atoms with Gasteiger partial charge in [0.25, 0.3) is 0 Å². The molecule has 6 nitrogen and oxygen atoms in total. The van der Waals surface area contributed by atoms with Crippen molar-refractivity contribution in [3.63, 3.8) is 0 Å². The third-order valence-corrected chi connectivity index (χ3v) is 5.48. The standard InChI is InChI=1S/2C12H27N.C6H12O2.C5H10O2/c2*1-10(2)7-13(8-11(3)4)9-12(5)6;1-2-3-4-5-6(7)8;1-2-3-4-5(6)7/h2*10-12H,7-9H2,1-6H3;2-5H2,1H3,(H,7,8);2-4H2,1H3,(H,6,7). The molecular weight excluding hydrogens is 512 g/mol. The molecule has 0 rings (SSSR count). The predicted octanol–water partition coefficient (Wildman–Crippen LogP) is 9.43. The quantitative estimate of drug-likeness (QED) is 0.146. The van der Waals surface area contributed by atoms with Gasteiger partial charge in [0.1, 0.15) is 0 Å². The van der Waals surface area contributed by atoms with Gasteiger partial charge in [-0.15, -0.1) is 0 Å². The van der Waals surface area contributed by atoms with E-state index in [1.807, 2.05) is 6.92 Å². The first kappa shape index (κ1) is 46.8. The molecule has 0 aliphatic rings. The Labute approximate surface area is 258 Å². The Hall–Kier alpha value is -1.14. The third kappa shape index (κ3) is 52.0. The van der Waals surface area contributed by atoms with E-state index in [4.69, 9.17) is 10.2 Å². The second kappa shape index (κ2) is 31.8. The number of nitrogens with zero attached hydrogens (tertiary/aromatic N) is 2. The van der Waals surface area contributed by atoms with Gasteiger partial charge in [-0.2, -0.15) is 0 Å². The summed E-state index contributed by atoms with van der Waals surface area (Å²) in [5.41, 5.74) is 0. The van der Waals surface area contributed by atoms with Crippen molar-refractivity contribution < 1.29 is 19.8 Å². The van der Waals surface area contributed by atoms with Gasteiger partial charge in [-0.25, -0.2) is 0 Å². The molecule has 0 aliphatic heterocycles. The van der Waals surface area contributed by atoms with E-state index in [2.05, 4.69) is 99.8 Å². The van der Waals surface area contributed by atoms with Crippen LogP contribution in [0.1, 0.15) is 142 Å². The Bertz CT molecular complexity index is 483. The van der Waals surface area contributed by atoms with E-state index in [9.17, 15) is 9.59 Å². The van der Waals surface area contributed by atoms with Crippen LogP contribution < -0.4 is 0 Å². The number of carboxylic acid groups (broad SMARTS) is 2. The Morgan fingerprint density at radius 2 is 0.659 bits per heavy atom. The summed E-state index contributed by atoms with van der Waals surface area (Å²) in [6.45, 7) is 39.1. The monoisotopic (exact) mass is 589 g/mol. The minimum Gasteiger partial charge on any atom is -0.481 e. The normalized spacial score (nSPS) is 11.2. The lowest BCUT2D eigenvalue weighted by Gasteiger charge is -2.27. The summed E-state index contributed by atoms with van der Waals surface area (Å²) < 4.78 is 0. The molecular formula is C35H76N2O4. The molecule has 0 saturated heterocycles. The largest absolute Gasteiger partial charge is 0.481 e. The number of carboxylic acids is 2. The summed E-state index contributed by atoms with van der Waals surface area (Å²) in [4.78, 5) is 24.8. The fourth-order valence-electron chi connectivity index (χ4n) is 4.40. The molecule has 0 aliphatic carbocycles. The molecule has 41 heavy (non-hydrogen) atoms. The molecule has 0 amide bonds. The summed E-state index contributed by atoms with van der Waals surface area (Å²) in [5.74, 6) is 3.36. The third-order valence-electron chi connectivity index (χ3n) is 5.48. The van der Waals surface area contributed by atoms with Crippen molar-refractivity contribution in [1.82, 2.24) is 9.80 Å². The molecule has 0 fully saturated rings. The number of rotatable bonds is 19. The van der Waals surface area contributed by atoms with E-state index in [0.29, 0.717) is 12.8 Å². The van der Waals surface area contributed by atoms with Crippen molar-refractivity contribution in [1.29, 1.82) is 0 Å². The van der Waals surface area contributed by atoms with Crippen LogP contribution in [0.2, 0.25) is 0 Å². The highest BCUT2D eigenvalue weighted by Gasteiger charge is 2.11. The van der Waals surface area contributed by atoms with E-state index in [0.717, 1.165) is 67.6 Å². The number of hydrogen-bond acceptors (Lipinski definition) is 4. The molecule has 0 bridgehead atoms. The van der Waals surface area contributed by atoms with Crippen molar-refractivity contribution in [2.45, 2.75) is 142 Å². The summed E-state index contributed by atoms with van der Waals surface area (Å²) in [6.07, 6.45) is 5.36. The van der Waals surface area contributed by atoms with Crippen LogP contribution in [0.25, 0.3) is 0 Å². The molecule has 0 radical (unpaired) electrons. The lowest BCUT2D eigenvalue weighted by atomic mass is 10.1. The zero-order valence-corrected chi connectivity index (χ0v) is 30.3. The van der Waals surface area contributed by atoms with Gasteiger partial charge in [0, 0.05) is 52.1 Å². The minimum absolute atomic E-state index is 0.316. The fourth-order valence-corrected chi connectivity index (χ4v) is 4.40. The average Bonchev–Trinajstić information content (AvgIpc) is 2.76. The molecule has 0 spiro atoms. The SMILES string of the molecule is CC(C)CN(CC(C)C)CC(C)C.CC(C)CN(CC(C)C)CC(C)C.CCCCC(=O)O.CCCCCC(=O)O. The predicted molar refractivity (Wildman–Crippen MR) is 181 cm³/mol. The van der Waals surface area contributed by atoms with Crippen molar-refractivity contribution in [2.75, 3.05) is 39.3 Å². The maximum Gasteiger partial charge on any atom is 0.303 e. The maximum atomic E-state index is 9.87. The van der Waals surface area contributed by atoms with Crippen LogP contribution in [0.15, 0.2) is 0 Å². The van der Waals surface area contributed by atoms with E-state index in [1.54, 1.807) is 0 Å². The van der Waals surface area contributed by atoms with Crippen LogP contribution in [0.5, 0.6) is 0 Å². The van der Waals surface area contributed by atoms with Crippen molar-refractivity contribution in [2.24, 2.45) is 35.5 Å². The topological polar surface area (TPSA) is 81.1 Å². The highest BCUT2D eigenvalue weighted by molar-refractivity contribution is 5.66. The molecule has 0 aromatic rings. The number of carbonyl (C=O) groups is 2. The highest BCUT2D eigenvalue weighted by atomic mass is 16.4. The second-order valence-electron chi connectivity index (χ2n) is 14.1. The molecule has 0 heterocycles. The molecule has 0 saturated carbocycles. The van der Waals surface area contributed by atoms with Crippen LogP contribution in [-0.4, -0.2) is 71.2 Å². The molecule has 250 valence electrons. The molecule has 2 N–H and O–H groups in total. The van der Waals surface area contributed by atoms with Crippen molar-refractivity contribution >= 4 is 11.9 Å². The first-order valence-corrected chi connectivity index (χ1v) is 16.8.